The summed E-state index contributed by atoms with van der Waals surface area (Å²) in [6, 6.07) is 8.41. The zero-order valence-electron chi connectivity index (χ0n) is 10.0. The molecule has 0 atom stereocenters. The van der Waals surface area contributed by atoms with Crippen LogP contribution in [0.4, 0.5) is 10.2 Å². The molecule has 1 aromatic carbocycles. The number of nitrogens with one attached hydrogen (secondary N) is 1. The molecule has 2 N–H and O–H groups in total. The summed E-state index contributed by atoms with van der Waals surface area (Å²) in [6.45, 7) is 2.19. The van der Waals surface area contributed by atoms with Crippen molar-refractivity contribution in [2.24, 2.45) is 0 Å². The molecule has 0 bridgehead atoms. The second-order valence-electron chi connectivity index (χ2n) is 3.92. The number of aliphatic hydroxyl groups is 1. The van der Waals surface area contributed by atoms with Gasteiger partial charge in [-0.05, 0) is 42.8 Å². The summed E-state index contributed by atoms with van der Waals surface area (Å²) < 4.78 is 13.1. The van der Waals surface area contributed by atoms with E-state index < -0.39 is 0 Å². The zero-order chi connectivity index (χ0) is 13.0. The molecular weight excluding hydrogens is 233 g/mol. The largest absolute Gasteiger partial charge is 0.395 e. The van der Waals surface area contributed by atoms with Crippen LogP contribution < -0.4 is 5.32 Å². The molecule has 0 aliphatic rings. The number of hydrogen-bond acceptors (Lipinski definition) is 4. The van der Waals surface area contributed by atoms with E-state index in [1.54, 1.807) is 31.2 Å². The van der Waals surface area contributed by atoms with Gasteiger partial charge in [0.1, 0.15) is 11.6 Å². The molecule has 2 rings (SSSR count). The third kappa shape index (κ3) is 2.81. The van der Waals surface area contributed by atoms with Gasteiger partial charge in [0.05, 0.1) is 12.3 Å². The van der Waals surface area contributed by atoms with Gasteiger partial charge >= 0.3 is 0 Å². The van der Waals surface area contributed by atoms with Crippen molar-refractivity contribution in [3.05, 3.63) is 41.7 Å². The Morgan fingerprint density at radius 2 is 2.06 bits per heavy atom. The first-order valence-corrected chi connectivity index (χ1v) is 5.65. The Balaban J connectivity index is 2.20. The molecule has 0 saturated heterocycles. The maximum absolute atomic E-state index is 13.1. The van der Waals surface area contributed by atoms with Gasteiger partial charge in [-0.25, -0.2) is 4.39 Å². The number of rotatable bonds is 4. The first-order chi connectivity index (χ1) is 8.70. The second kappa shape index (κ2) is 5.55. The minimum atomic E-state index is -0.229. The van der Waals surface area contributed by atoms with Crippen LogP contribution in [0.2, 0.25) is 0 Å². The summed E-state index contributed by atoms with van der Waals surface area (Å²) >= 11 is 0. The normalized spacial score (nSPS) is 10.4. The smallest absolute Gasteiger partial charge is 0.148 e. The number of aromatic nitrogens is 2. The van der Waals surface area contributed by atoms with E-state index in [1.165, 1.54) is 6.07 Å². The Kier molecular flexibility index (Phi) is 3.84. The molecule has 4 nitrogen and oxygen atoms in total. The van der Waals surface area contributed by atoms with Crippen LogP contribution in [0.5, 0.6) is 0 Å². The molecule has 0 aliphatic heterocycles. The number of nitrogens with zero attached hydrogens (tertiary/aromatic N) is 2. The number of hydrogen-bond donors (Lipinski definition) is 2. The lowest BCUT2D eigenvalue weighted by molar-refractivity contribution is 0.311. The highest BCUT2D eigenvalue weighted by atomic mass is 19.1. The average molecular weight is 247 g/mol. The Hall–Kier alpha value is -2.01. The maximum atomic E-state index is 13.1. The molecule has 18 heavy (non-hydrogen) atoms. The number of aryl methyl sites for hydroxylation is 1. The van der Waals surface area contributed by atoms with E-state index in [1.807, 2.05) is 0 Å². The van der Waals surface area contributed by atoms with Crippen LogP contribution in [-0.4, -0.2) is 28.5 Å². The summed E-state index contributed by atoms with van der Waals surface area (Å²) in [4.78, 5) is 0. The lowest BCUT2D eigenvalue weighted by Crippen LogP contribution is -2.07. The fourth-order valence-corrected chi connectivity index (χ4v) is 1.57. The predicted molar refractivity (Wildman–Crippen MR) is 67.7 cm³/mol. The quantitative estimate of drug-likeness (QED) is 0.867. The Labute approximate surface area is 105 Å². The van der Waals surface area contributed by atoms with Crippen molar-refractivity contribution < 1.29 is 9.50 Å². The van der Waals surface area contributed by atoms with Crippen LogP contribution in [0.3, 0.4) is 0 Å². The summed E-state index contributed by atoms with van der Waals surface area (Å²) in [5.74, 6) is 0.375. The minimum absolute atomic E-state index is 0.0423. The SMILES string of the molecule is Cc1cc(-c2ccc(NCCO)nn2)ccc1F. The van der Waals surface area contributed by atoms with Crippen LogP contribution >= 0.6 is 0 Å². The van der Waals surface area contributed by atoms with Crippen LogP contribution in [0.25, 0.3) is 11.3 Å². The molecule has 1 heterocycles. The van der Waals surface area contributed by atoms with E-state index in [2.05, 4.69) is 15.5 Å². The van der Waals surface area contributed by atoms with Gasteiger partial charge in [0.25, 0.3) is 0 Å². The van der Waals surface area contributed by atoms with Crippen molar-refractivity contribution >= 4 is 5.82 Å². The molecule has 0 spiro atoms. The van der Waals surface area contributed by atoms with E-state index in [4.69, 9.17) is 5.11 Å². The first-order valence-electron chi connectivity index (χ1n) is 5.65. The molecule has 0 saturated carbocycles. The summed E-state index contributed by atoms with van der Waals surface area (Å²) in [6.07, 6.45) is 0. The van der Waals surface area contributed by atoms with Crippen molar-refractivity contribution in [1.29, 1.82) is 0 Å². The third-order valence-corrected chi connectivity index (χ3v) is 2.54. The lowest BCUT2D eigenvalue weighted by Gasteiger charge is -2.05. The Morgan fingerprint density at radius 1 is 1.22 bits per heavy atom. The Morgan fingerprint density at radius 3 is 2.67 bits per heavy atom. The molecule has 1 aromatic heterocycles. The highest BCUT2D eigenvalue weighted by Crippen LogP contribution is 2.19. The monoisotopic (exact) mass is 247 g/mol. The van der Waals surface area contributed by atoms with Gasteiger partial charge < -0.3 is 10.4 Å². The van der Waals surface area contributed by atoms with Gasteiger partial charge in [-0.3, -0.25) is 0 Å². The van der Waals surface area contributed by atoms with Crippen molar-refractivity contribution in [2.45, 2.75) is 6.92 Å². The van der Waals surface area contributed by atoms with E-state index in [-0.39, 0.29) is 12.4 Å². The van der Waals surface area contributed by atoms with Crippen LogP contribution in [0.1, 0.15) is 5.56 Å². The molecule has 0 unspecified atom stereocenters. The minimum Gasteiger partial charge on any atom is -0.395 e. The summed E-state index contributed by atoms with van der Waals surface area (Å²) in [5, 5.41) is 19.6. The standard InChI is InChI=1S/C13H14FN3O/c1-9-8-10(2-3-11(9)14)12-4-5-13(17-16-12)15-6-7-18/h2-5,8,18H,6-7H2,1H3,(H,15,17). The van der Waals surface area contributed by atoms with Crippen molar-refractivity contribution in [3.63, 3.8) is 0 Å². The zero-order valence-corrected chi connectivity index (χ0v) is 10.0. The highest BCUT2D eigenvalue weighted by molar-refractivity contribution is 5.60. The van der Waals surface area contributed by atoms with Crippen molar-refractivity contribution in [3.8, 4) is 11.3 Å². The molecule has 0 fully saturated rings. The summed E-state index contributed by atoms with van der Waals surface area (Å²) in [7, 11) is 0. The van der Waals surface area contributed by atoms with Gasteiger partial charge in [-0.2, -0.15) is 0 Å². The van der Waals surface area contributed by atoms with E-state index in [0.717, 1.165) is 5.56 Å². The molecule has 2 aromatic rings. The van der Waals surface area contributed by atoms with Crippen molar-refractivity contribution in [2.75, 3.05) is 18.5 Å². The molecule has 5 heteroatoms. The number of anilines is 1. The summed E-state index contributed by atoms with van der Waals surface area (Å²) in [5.41, 5.74) is 2.10. The molecular formula is C13H14FN3O. The van der Waals surface area contributed by atoms with Gasteiger partial charge in [0, 0.05) is 12.1 Å². The van der Waals surface area contributed by atoms with Crippen LogP contribution in [-0.2, 0) is 0 Å². The topological polar surface area (TPSA) is 58.0 Å². The maximum Gasteiger partial charge on any atom is 0.148 e. The molecule has 0 aliphatic carbocycles. The lowest BCUT2D eigenvalue weighted by atomic mass is 10.1. The first kappa shape index (κ1) is 12.4. The van der Waals surface area contributed by atoms with E-state index >= 15 is 0 Å². The fourth-order valence-electron chi connectivity index (χ4n) is 1.57. The third-order valence-electron chi connectivity index (χ3n) is 2.54. The van der Waals surface area contributed by atoms with Gasteiger partial charge in [0.2, 0.25) is 0 Å². The van der Waals surface area contributed by atoms with Gasteiger partial charge in [-0.1, -0.05) is 0 Å². The average Bonchev–Trinajstić information content (AvgIpc) is 2.40. The van der Waals surface area contributed by atoms with Crippen molar-refractivity contribution in [1.82, 2.24) is 10.2 Å². The van der Waals surface area contributed by atoms with Crippen LogP contribution in [0, 0.1) is 12.7 Å². The Bertz CT molecular complexity index is 528. The highest BCUT2D eigenvalue weighted by Gasteiger charge is 2.03. The van der Waals surface area contributed by atoms with Gasteiger partial charge in [0.15, 0.2) is 0 Å². The predicted octanol–water partition coefficient (Wildman–Crippen LogP) is 2.00. The number of benzene rings is 1. The molecule has 0 radical (unpaired) electrons. The van der Waals surface area contributed by atoms with Gasteiger partial charge in [-0.15, -0.1) is 10.2 Å². The number of aliphatic hydroxyl groups excluding tert-OH is 1. The molecule has 94 valence electrons. The molecule has 0 amide bonds. The van der Waals surface area contributed by atoms with Crippen LogP contribution in [0.15, 0.2) is 30.3 Å². The fraction of sp³-hybridized carbons (Fsp3) is 0.231. The number of halogens is 1. The second-order valence-corrected chi connectivity index (χ2v) is 3.92. The van der Waals surface area contributed by atoms with E-state index in [0.29, 0.717) is 23.6 Å². The van der Waals surface area contributed by atoms with E-state index in [9.17, 15) is 4.39 Å².